The van der Waals surface area contributed by atoms with Crippen LogP contribution in [0, 0.1) is 0 Å². The third-order valence-corrected chi connectivity index (χ3v) is 3.83. The summed E-state index contributed by atoms with van der Waals surface area (Å²) in [5, 5.41) is 3.99. The molecule has 1 N–H and O–H groups in total. The predicted molar refractivity (Wildman–Crippen MR) is 88.4 cm³/mol. The standard InChI is InChI=1S/C16H15F3N2OS/c1-4-20-15-14(9-10(2)23-15)11(3)21-12-5-7-13(8-6-12)22-16(17,18)19/h4-9,21H,1H2,2-3H3/b14-11+,20-15+. The molecule has 0 amide bonds. The van der Waals surface area contributed by atoms with Gasteiger partial charge in [0.1, 0.15) is 10.8 Å². The molecule has 1 aromatic carbocycles. The molecule has 0 saturated heterocycles. The Morgan fingerprint density at radius 1 is 1.30 bits per heavy atom. The van der Waals surface area contributed by atoms with Crippen LogP contribution in [0.15, 0.2) is 64.3 Å². The number of alkyl halides is 3. The number of allylic oxidation sites excluding steroid dienone is 3. The van der Waals surface area contributed by atoms with Crippen LogP contribution in [0.2, 0.25) is 0 Å². The van der Waals surface area contributed by atoms with Gasteiger partial charge in [0, 0.05) is 23.2 Å². The maximum atomic E-state index is 12.1. The van der Waals surface area contributed by atoms with Crippen molar-refractivity contribution in [1.29, 1.82) is 0 Å². The largest absolute Gasteiger partial charge is 0.573 e. The first-order chi connectivity index (χ1) is 10.8. The summed E-state index contributed by atoms with van der Waals surface area (Å²) in [5.41, 5.74) is 2.44. The average Bonchev–Trinajstić information content (AvgIpc) is 2.81. The number of benzene rings is 1. The highest BCUT2D eigenvalue weighted by Crippen LogP contribution is 2.33. The van der Waals surface area contributed by atoms with Crippen molar-refractivity contribution >= 4 is 22.5 Å². The smallest absolute Gasteiger partial charge is 0.406 e. The van der Waals surface area contributed by atoms with E-state index < -0.39 is 6.36 Å². The van der Waals surface area contributed by atoms with Gasteiger partial charge in [-0.2, -0.15) is 0 Å². The predicted octanol–water partition coefficient (Wildman–Crippen LogP) is 5.46. The van der Waals surface area contributed by atoms with Crippen LogP contribution >= 0.6 is 11.8 Å². The van der Waals surface area contributed by atoms with Crippen LogP contribution in [-0.2, 0) is 0 Å². The molecule has 2 rings (SSSR count). The van der Waals surface area contributed by atoms with Crippen molar-refractivity contribution < 1.29 is 17.9 Å². The molecular formula is C16H15F3N2OS. The molecule has 0 saturated carbocycles. The second-order valence-corrected chi connectivity index (χ2v) is 5.94. The number of nitrogens with zero attached hydrogens (tertiary/aromatic N) is 1. The zero-order chi connectivity index (χ0) is 17.0. The molecule has 1 heterocycles. The van der Waals surface area contributed by atoms with Crippen molar-refractivity contribution in [3.05, 3.63) is 59.3 Å². The Kier molecular flexibility index (Phi) is 5.20. The zero-order valence-corrected chi connectivity index (χ0v) is 13.4. The van der Waals surface area contributed by atoms with Gasteiger partial charge in [0.05, 0.1) is 0 Å². The quantitative estimate of drug-likeness (QED) is 0.790. The van der Waals surface area contributed by atoms with Crippen LogP contribution < -0.4 is 10.1 Å². The lowest BCUT2D eigenvalue weighted by Gasteiger charge is -2.12. The van der Waals surface area contributed by atoms with Crippen molar-refractivity contribution in [3.63, 3.8) is 0 Å². The van der Waals surface area contributed by atoms with Gasteiger partial charge >= 0.3 is 6.36 Å². The molecular weight excluding hydrogens is 325 g/mol. The first-order valence-corrected chi connectivity index (χ1v) is 7.49. The maximum absolute atomic E-state index is 12.1. The Morgan fingerprint density at radius 3 is 2.52 bits per heavy atom. The summed E-state index contributed by atoms with van der Waals surface area (Å²) in [4.78, 5) is 5.33. The van der Waals surface area contributed by atoms with E-state index in [0.29, 0.717) is 5.69 Å². The molecule has 0 unspecified atom stereocenters. The van der Waals surface area contributed by atoms with Crippen LogP contribution in [0.4, 0.5) is 18.9 Å². The fourth-order valence-electron chi connectivity index (χ4n) is 1.97. The molecule has 0 atom stereocenters. The molecule has 122 valence electrons. The van der Waals surface area contributed by atoms with Crippen LogP contribution in [-0.4, -0.2) is 11.4 Å². The van der Waals surface area contributed by atoms with Gasteiger partial charge < -0.3 is 10.1 Å². The summed E-state index contributed by atoms with van der Waals surface area (Å²) in [6, 6.07) is 5.57. The SMILES string of the molecule is C=C/N=C1/SC(C)=C/C1=C(/C)Nc1ccc(OC(F)(F)F)cc1. The third kappa shape index (κ3) is 4.92. The summed E-state index contributed by atoms with van der Waals surface area (Å²) in [6.45, 7) is 7.45. The lowest BCUT2D eigenvalue weighted by Crippen LogP contribution is -2.17. The number of hydrogen-bond acceptors (Lipinski definition) is 4. The minimum Gasteiger partial charge on any atom is -0.406 e. The normalized spacial score (nSPS) is 18.7. The summed E-state index contributed by atoms with van der Waals surface area (Å²) < 4.78 is 40.2. The summed E-state index contributed by atoms with van der Waals surface area (Å²) in [7, 11) is 0. The van der Waals surface area contributed by atoms with Gasteiger partial charge in [-0.1, -0.05) is 18.3 Å². The number of hydrogen-bond donors (Lipinski definition) is 1. The molecule has 1 aliphatic rings. The second-order valence-electron chi connectivity index (χ2n) is 4.71. The topological polar surface area (TPSA) is 33.6 Å². The first-order valence-electron chi connectivity index (χ1n) is 6.67. The van der Waals surface area contributed by atoms with Gasteiger partial charge in [0.15, 0.2) is 0 Å². The van der Waals surface area contributed by atoms with E-state index in [1.54, 1.807) is 11.8 Å². The van der Waals surface area contributed by atoms with Crippen molar-refractivity contribution in [2.45, 2.75) is 20.2 Å². The zero-order valence-electron chi connectivity index (χ0n) is 12.6. The fraction of sp³-hybridized carbons (Fsp3) is 0.188. The average molecular weight is 340 g/mol. The lowest BCUT2D eigenvalue weighted by molar-refractivity contribution is -0.274. The lowest BCUT2D eigenvalue weighted by atomic mass is 10.2. The number of nitrogens with one attached hydrogen (secondary N) is 1. The molecule has 7 heteroatoms. The molecule has 1 aromatic rings. The number of aliphatic imine (C=N–C) groups is 1. The molecule has 0 spiro atoms. The summed E-state index contributed by atoms with van der Waals surface area (Å²) in [5.74, 6) is -0.255. The molecule has 0 radical (unpaired) electrons. The number of halogens is 3. The van der Waals surface area contributed by atoms with Gasteiger partial charge in [0.2, 0.25) is 0 Å². The Bertz CT molecular complexity index is 688. The van der Waals surface area contributed by atoms with E-state index in [-0.39, 0.29) is 5.75 Å². The second kappa shape index (κ2) is 6.95. The molecule has 0 aromatic heterocycles. The van der Waals surface area contributed by atoms with Gasteiger partial charge in [-0.05, 0) is 49.1 Å². The minimum atomic E-state index is -4.69. The highest BCUT2D eigenvalue weighted by atomic mass is 32.2. The molecule has 3 nitrogen and oxygen atoms in total. The van der Waals surface area contributed by atoms with E-state index >= 15 is 0 Å². The van der Waals surface area contributed by atoms with Crippen LogP contribution in [0.5, 0.6) is 5.75 Å². The maximum Gasteiger partial charge on any atom is 0.573 e. The fourth-order valence-corrected chi connectivity index (χ4v) is 2.90. The first kappa shape index (κ1) is 17.2. The summed E-state index contributed by atoms with van der Waals surface area (Å²) in [6.07, 6.45) is -1.21. The number of thioether (sulfide) groups is 1. The molecule has 0 bridgehead atoms. The monoisotopic (exact) mass is 340 g/mol. The van der Waals surface area contributed by atoms with Gasteiger partial charge in [0.25, 0.3) is 0 Å². The van der Waals surface area contributed by atoms with Crippen LogP contribution in [0.25, 0.3) is 0 Å². The Hall–Kier alpha value is -2.15. The van der Waals surface area contributed by atoms with E-state index in [2.05, 4.69) is 21.6 Å². The van der Waals surface area contributed by atoms with Crippen molar-refractivity contribution in [3.8, 4) is 5.75 Å². The number of rotatable bonds is 4. The van der Waals surface area contributed by atoms with E-state index in [4.69, 9.17) is 0 Å². The van der Waals surface area contributed by atoms with E-state index in [9.17, 15) is 13.2 Å². The number of ether oxygens (including phenoxy) is 1. The Labute approximate surface area is 136 Å². The molecule has 1 aliphatic heterocycles. The van der Waals surface area contributed by atoms with E-state index in [0.717, 1.165) is 21.2 Å². The highest BCUT2D eigenvalue weighted by Gasteiger charge is 2.30. The van der Waals surface area contributed by atoms with E-state index in [1.165, 1.54) is 30.5 Å². The van der Waals surface area contributed by atoms with E-state index in [1.807, 2.05) is 19.9 Å². The van der Waals surface area contributed by atoms with Gasteiger partial charge in [-0.3, -0.25) is 0 Å². The third-order valence-electron chi connectivity index (χ3n) is 2.87. The summed E-state index contributed by atoms with van der Waals surface area (Å²) >= 11 is 1.54. The van der Waals surface area contributed by atoms with Crippen molar-refractivity contribution in [2.24, 2.45) is 4.99 Å². The molecule has 0 fully saturated rings. The minimum absolute atomic E-state index is 0.255. The van der Waals surface area contributed by atoms with Crippen LogP contribution in [0.1, 0.15) is 13.8 Å². The highest BCUT2D eigenvalue weighted by molar-refractivity contribution is 8.18. The van der Waals surface area contributed by atoms with Gasteiger partial charge in [-0.15, -0.1) is 13.2 Å². The molecule has 23 heavy (non-hydrogen) atoms. The number of anilines is 1. The Morgan fingerprint density at radius 2 is 1.96 bits per heavy atom. The Balaban J connectivity index is 2.16. The molecule has 0 aliphatic carbocycles. The van der Waals surface area contributed by atoms with Gasteiger partial charge in [-0.25, -0.2) is 4.99 Å². The van der Waals surface area contributed by atoms with Crippen LogP contribution in [0.3, 0.4) is 0 Å². The van der Waals surface area contributed by atoms with Crippen molar-refractivity contribution in [1.82, 2.24) is 0 Å². The van der Waals surface area contributed by atoms with Crippen molar-refractivity contribution in [2.75, 3.05) is 5.32 Å².